The highest BCUT2D eigenvalue weighted by Crippen LogP contribution is 2.36. The Bertz CT molecular complexity index is 235. The molecule has 18 heavy (non-hydrogen) atoms. The summed E-state index contributed by atoms with van der Waals surface area (Å²) in [6.07, 6.45) is 1.83. The van der Waals surface area contributed by atoms with Crippen LogP contribution in [0, 0.1) is 5.41 Å². The van der Waals surface area contributed by atoms with E-state index in [0.717, 1.165) is 38.5 Å². The minimum atomic E-state index is -4.16. The summed E-state index contributed by atoms with van der Waals surface area (Å²) >= 11 is 0. The van der Waals surface area contributed by atoms with Gasteiger partial charge in [-0.3, -0.25) is 4.90 Å². The molecule has 1 rings (SSSR count). The molecule has 0 aromatic heterocycles. The predicted molar refractivity (Wildman–Crippen MR) is 65.4 cm³/mol. The van der Waals surface area contributed by atoms with Crippen LogP contribution in [0.1, 0.15) is 45.4 Å². The molecular formula is C13H24F3NO. The molecule has 1 saturated carbocycles. The van der Waals surface area contributed by atoms with E-state index in [1.165, 1.54) is 4.90 Å². The molecule has 0 aromatic rings. The Morgan fingerprint density at radius 1 is 1.11 bits per heavy atom. The monoisotopic (exact) mass is 267 g/mol. The molecule has 5 heteroatoms. The first kappa shape index (κ1) is 15.8. The van der Waals surface area contributed by atoms with Crippen LogP contribution in [0.4, 0.5) is 13.2 Å². The Labute approximate surface area is 107 Å². The molecule has 1 aliphatic rings. The lowest BCUT2D eigenvalue weighted by molar-refractivity contribution is -0.150. The number of hydrogen-bond donors (Lipinski definition) is 1. The second-order valence-corrected chi connectivity index (χ2v) is 5.49. The van der Waals surface area contributed by atoms with Crippen molar-refractivity contribution < 1.29 is 18.3 Å². The quantitative estimate of drug-likeness (QED) is 0.773. The minimum Gasteiger partial charge on any atom is -0.396 e. The molecule has 0 saturated heterocycles. The van der Waals surface area contributed by atoms with Gasteiger partial charge in [-0.2, -0.15) is 13.2 Å². The highest BCUT2D eigenvalue weighted by Gasteiger charge is 2.36. The van der Waals surface area contributed by atoms with Crippen LogP contribution < -0.4 is 0 Å². The molecule has 0 spiro atoms. The molecule has 0 radical (unpaired) electrons. The van der Waals surface area contributed by atoms with Crippen LogP contribution in [0.15, 0.2) is 0 Å². The van der Waals surface area contributed by atoms with Crippen molar-refractivity contribution in [3.05, 3.63) is 0 Å². The van der Waals surface area contributed by atoms with Crippen molar-refractivity contribution >= 4 is 0 Å². The number of nitrogens with zero attached hydrogens (tertiary/aromatic N) is 1. The van der Waals surface area contributed by atoms with E-state index < -0.39 is 12.7 Å². The number of aliphatic hydroxyl groups is 1. The van der Waals surface area contributed by atoms with Gasteiger partial charge in [0.1, 0.15) is 0 Å². The lowest BCUT2D eigenvalue weighted by Gasteiger charge is -2.36. The molecule has 108 valence electrons. The van der Waals surface area contributed by atoms with Crippen LogP contribution in [0.25, 0.3) is 0 Å². The normalized spacial score (nSPS) is 21.0. The van der Waals surface area contributed by atoms with Crippen molar-refractivity contribution in [3.8, 4) is 0 Å². The van der Waals surface area contributed by atoms with Gasteiger partial charge in [-0.05, 0) is 19.4 Å². The summed E-state index contributed by atoms with van der Waals surface area (Å²) in [5.41, 5.74) is -0.322. The van der Waals surface area contributed by atoms with E-state index in [9.17, 15) is 18.3 Å². The second kappa shape index (κ2) is 6.75. The summed E-state index contributed by atoms with van der Waals surface area (Å²) < 4.78 is 37.4. The first-order valence-electron chi connectivity index (χ1n) is 6.81. The Kier molecular flexibility index (Phi) is 5.92. The van der Waals surface area contributed by atoms with Crippen molar-refractivity contribution in [3.63, 3.8) is 0 Å². The van der Waals surface area contributed by atoms with E-state index in [4.69, 9.17) is 0 Å². The average Bonchev–Trinajstić information content (AvgIpc) is 2.52. The zero-order valence-corrected chi connectivity index (χ0v) is 11.1. The van der Waals surface area contributed by atoms with Crippen LogP contribution in [-0.4, -0.2) is 42.4 Å². The van der Waals surface area contributed by atoms with E-state index in [0.29, 0.717) is 13.1 Å². The van der Waals surface area contributed by atoms with E-state index in [1.807, 2.05) is 0 Å². The van der Waals surface area contributed by atoms with Gasteiger partial charge in [0.15, 0.2) is 0 Å². The van der Waals surface area contributed by atoms with Gasteiger partial charge in [0.05, 0.1) is 6.54 Å². The fourth-order valence-electron chi connectivity index (χ4n) is 2.85. The molecule has 2 nitrogen and oxygen atoms in total. The van der Waals surface area contributed by atoms with Crippen LogP contribution in [0.2, 0.25) is 0 Å². The summed E-state index contributed by atoms with van der Waals surface area (Å²) in [5, 5.41) is 9.60. The fraction of sp³-hybridized carbons (Fsp3) is 1.00. The van der Waals surface area contributed by atoms with E-state index in [-0.39, 0.29) is 12.0 Å². The Hall–Kier alpha value is -0.290. The van der Waals surface area contributed by atoms with Gasteiger partial charge in [-0.25, -0.2) is 0 Å². The largest absolute Gasteiger partial charge is 0.401 e. The highest BCUT2D eigenvalue weighted by atomic mass is 19.4. The maximum absolute atomic E-state index is 12.5. The van der Waals surface area contributed by atoms with Gasteiger partial charge < -0.3 is 5.11 Å². The van der Waals surface area contributed by atoms with E-state index in [2.05, 4.69) is 0 Å². The molecular weight excluding hydrogens is 243 g/mol. The summed E-state index contributed by atoms with van der Waals surface area (Å²) in [6, 6.07) is 0. The molecule has 0 atom stereocenters. The average molecular weight is 267 g/mol. The van der Waals surface area contributed by atoms with Gasteiger partial charge in [0, 0.05) is 18.6 Å². The third kappa shape index (κ3) is 5.14. The highest BCUT2D eigenvalue weighted by molar-refractivity contribution is 4.84. The third-order valence-electron chi connectivity index (χ3n) is 3.91. The zero-order chi connectivity index (χ0) is 13.6. The molecule has 1 fully saturated rings. The van der Waals surface area contributed by atoms with Gasteiger partial charge in [0.25, 0.3) is 0 Å². The molecule has 0 aromatic carbocycles. The minimum absolute atomic E-state index is 0.00135. The number of hydrogen-bond acceptors (Lipinski definition) is 2. The topological polar surface area (TPSA) is 23.5 Å². The fourth-order valence-corrected chi connectivity index (χ4v) is 2.85. The first-order valence-corrected chi connectivity index (χ1v) is 6.81. The Balaban J connectivity index is 2.63. The maximum atomic E-state index is 12.5. The number of alkyl halides is 3. The molecule has 1 N–H and O–H groups in total. The number of aliphatic hydroxyl groups excluding tert-OH is 1. The summed E-state index contributed by atoms with van der Waals surface area (Å²) in [7, 11) is 0. The van der Waals surface area contributed by atoms with Gasteiger partial charge in [-0.15, -0.1) is 0 Å². The van der Waals surface area contributed by atoms with Crippen molar-refractivity contribution in [1.29, 1.82) is 0 Å². The number of rotatable bonds is 5. The molecule has 0 heterocycles. The van der Waals surface area contributed by atoms with Crippen molar-refractivity contribution in [1.82, 2.24) is 4.90 Å². The van der Waals surface area contributed by atoms with Gasteiger partial charge in [-0.1, -0.05) is 32.6 Å². The van der Waals surface area contributed by atoms with E-state index in [1.54, 1.807) is 6.92 Å². The lowest BCUT2D eigenvalue weighted by Crippen LogP contribution is -2.44. The van der Waals surface area contributed by atoms with Crippen molar-refractivity contribution in [2.45, 2.75) is 51.6 Å². The molecule has 0 bridgehead atoms. The smallest absolute Gasteiger partial charge is 0.396 e. The van der Waals surface area contributed by atoms with E-state index >= 15 is 0 Å². The van der Waals surface area contributed by atoms with Crippen LogP contribution in [0.3, 0.4) is 0 Å². The SMILES string of the molecule is CCN(CC(F)(F)F)CC1(CO)CCCCCC1. The summed E-state index contributed by atoms with van der Waals surface area (Å²) in [6.45, 7) is 1.61. The Morgan fingerprint density at radius 2 is 1.67 bits per heavy atom. The van der Waals surface area contributed by atoms with Crippen molar-refractivity contribution in [2.24, 2.45) is 5.41 Å². The molecule has 1 aliphatic carbocycles. The van der Waals surface area contributed by atoms with Crippen LogP contribution >= 0.6 is 0 Å². The standard InChI is InChI=1S/C13H24F3NO/c1-2-17(10-13(14,15)16)9-12(11-18)7-5-3-4-6-8-12/h18H,2-11H2,1H3. The van der Waals surface area contributed by atoms with Gasteiger partial charge in [0.2, 0.25) is 0 Å². The number of halogens is 3. The van der Waals surface area contributed by atoms with Crippen LogP contribution in [-0.2, 0) is 0 Å². The molecule has 0 amide bonds. The predicted octanol–water partition coefficient (Wildman–Crippen LogP) is 3.20. The maximum Gasteiger partial charge on any atom is 0.401 e. The zero-order valence-electron chi connectivity index (χ0n) is 11.1. The summed E-state index contributed by atoms with van der Waals surface area (Å²) in [4.78, 5) is 1.42. The van der Waals surface area contributed by atoms with Crippen molar-refractivity contribution in [2.75, 3.05) is 26.2 Å². The lowest BCUT2D eigenvalue weighted by atomic mass is 9.80. The molecule has 0 unspecified atom stereocenters. The van der Waals surface area contributed by atoms with Gasteiger partial charge >= 0.3 is 6.18 Å². The van der Waals surface area contributed by atoms with Crippen LogP contribution in [0.5, 0.6) is 0 Å². The second-order valence-electron chi connectivity index (χ2n) is 5.49. The third-order valence-corrected chi connectivity index (χ3v) is 3.91. The first-order chi connectivity index (χ1) is 8.41. The Morgan fingerprint density at radius 3 is 2.06 bits per heavy atom. The summed E-state index contributed by atoms with van der Waals surface area (Å²) in [5.74, 6) is 0. The molecule has 0 aliphatic heterocycles.